The SMILES string of the molecule is O=Cc1c(C2CCCCC2)[nH]c2c(F)c(F)ccc12. The third kappa shape index (κ3) is 1.95. The molecule has 1 aliphatic rings. The first-order valence-corrected chi connectivity index (χ1v) is 6.67. The number of aldehydes is 1. The van der Waals surface area contributed by atoms with Gasteiger partial charge in [-0.15, -0.1) is 0 Å². The third-order valence-corrected chi connectivity index (χ3v) is 4.07. The average molecular weight is 263 g/mol. The second-order valence-electron chi connectivity index (χ2n) is 5.19. The number of hydrogen-bond donors (Lipinski definition) is 1. The van der Waals surface area contributed by atoms with Crippen molar-refractivity contribution in [3.05, 3.63) is 35.0 Å². The van der Waals surface area contributed by atoms with E-state index in [1.165, 1.54) is 12.5 Å². The molecule has 1 fully saturated rings. The number of halogens is 2. The number of aromatic amines is 1. The topological polar surface area (TPSA) is 32.9 Å². The lowest BCUT2D eigenvalue weighted by atomic mass is 9.85. The van der Waals surface area contributed by atoms with Crippen LogP contribution in [-0.4, -0.2) is 11.3 Å². The molecule has 0 aliphatic heterocycles. The minimum Gasteiger partial charge on any atom is -0.355 e. The van der Waals surface area contributed by atoms with Gasteiger partial charge >= 0.3 is 0 Å². The maximum atomic E-state index is 13.8. The number of nitrogens with one attached hydrogen (secondary N) is 1. The lowest BCUT2D eigenvalue weighted by Crippen LogP contribution is -2.06. The molecule has 0 amide bonds. The van der Waals surface area contributed by atoms with Crippen LogP contribution in [0.4, 0.5) is 8.78 Å². The van der Waals surface area contributed by atoms with E-state index in [9.17, 15) is 13.6 Å². The van der Waals surface area contributed by atoms with Crippen molar-refractivity contribution in [3.63, 3.8) is 0 Å². The monoisotopic (exact) mass is 263 g/mol. The van der Waals surface area contributed by atoms with Gasteiger partial charge in [0.15, 0.2) is 17.9 Å². The van der Waals surface area contributed by atoms with Gasteiger partial charge in [-0.3, -0.25) is 4.79 Å². The van der Waals surface area contributed by atoms with Crippen molar-refractivity contribution in [2.24, 2.45) is 0 Å². The highest BCUT2D eigenvalue weighted by Gasteiger charge is 2.23. The number of rotatable bonds is 2. The third-order valence-electron chi connectivity index (χ3n) is 4.07. The van der Waals surface area contributed by atoms with Gasteiger partial charge < -0.3 is 4.98 Å². The van der Waals surface area contributed by atoms with Crippen molar-refractivity contribution in [2.45, 2.75) is 38.0 Å². The van der Waals surface area contributed by atoms with E-state index in [1.54, 1.807) is 0 Å². The molecule has 100 valence electrons. The first kappa shape index (κ1) is 12.3. The Morgan fingerprint density at radius 2 is 1.89 bits per heavy atom. The number of aromatic nitrogens is 1. The van der Waals surface area contributed by atoms with E-state index >= 15 is 0 Å². The predicted octanol–water partition coefficient (Wildman–Crippen LogP) is 4.31. The Balaban J connectivity index is 2.18. The molecule has 0 saturated heterocycles. The van der Waals surface area contributed by atoms with Crippen molar-refractivity contribution in [1.29, 1.82) is 0 Å². The molecule has 1 aliphatic carbocycles. The standard InChI is InChI=1S/C15H15F2NO/c16-12-7-6-10-11(8-19)14(18-15(10)13(12)17)9-4-2-1-3-5-9/h6-9,18H,1-5H2. The summed E-state index contributed by atoms with van der Waals surface area (Å²) in [5.41, 5.74) is 1.37. The molecule has 1 aromatic carbocycles. The second-order valence-corrected chi connectivity index (χ2v) is 5.19. The Morgan fingerprint density at radius 3 is 2.58 bits per heavy atom. The van der Waals surface area contributed by atoms with Crippen LogP contribution < -0.4 is 0 Å². The van der Waals surface area contributed by atoms with E-state index in [-0.39, 0.29) is 11.4 Å². The van der Waals surface area contributed by atoms with Gasteiger partial charge in [-0.2, -0.15) is 0 Å². The summed E-state index contributed by atoms with van der Waals surface area (Å²) in [6.07, 6.45) is 6.19. The van der Waals surface area contributed by atoms with Crippen LogP contribution in [0.5, 0.6) is 0 Å². The molecule has 0 radical (unpaired) electrons. The van der Waals surface area contributed by atoms with Gasteiger partial charge in [0.05, 0.1) is 5.52 Å². The molecule has 0 spiro atoms. The molecule has 3 rings (SSSR count). The lowest BCUT2D eigenvalue weighted by Gasteiger charge is -2.21. The van der Waals surface area contributed by atoms with Crippen LogP contribution in [0.15, 0.2) is 12.1 Å². The highest BCUT2D eigenvalue weighted by Crippen LogP contribution is 2.36. The maximum Gasteiger partial charge on any atom is 0.182 e. The first-order chi connectivity index (χ1) is 9.22. The fourth-order valence-electron chi connectivity index (χ4n) is 3.08. The number of hydrogen-bond acceptors (Lipinski definition) is 1. The zero-order valence-electron chi connectivity index (χ0n) is 10.5. The molecule has 1 saturated carbocycles. The van der Waals surface area contributed by atoms with E-state index in [1.807, 2.05) is 0 Å². The van der Waals surface area contributed by atoms with Gasteiger partial charge in [0.25, 0.3) is 0 Å². The fraction of sp³-hybridized carbons (Fsp3) is 0.400. The van der Waals surface area contributed by atoms with Gasteiger partial charge in [0, 0.05) is 16.6 Å². The van der Waals surface area contributed by atoms with Crippen molar-refractivity contribution < 1.29 is 13.6 Å². The number of fused-ring (bicyclic) bond motifs is 1. The van der Waals surface area contributed by atoms with Crippen molar-refractivity contribution >= 4 is 17.2 Å². The molecule has 19 heavy (non-hydrogen) atoms. The van der Waals surface area contributed by atoms with Gasteiger partial charge in [-0.25, -0.2) is 8.78 Å². The van der Waals surface area contributed by atoms with Crippen LogP contribution >= 0.6 is 0 Å². The summed E-state index contributed by atoms with van der Waals surface area (Å²) in [6.45, 7) is 0. The molecule has 1 heterocycles. The highest BCUT2D eigenvalue weighted by molar-refractivity contribution is 5.99. The Labute approximate surface area is 109 Å². The van der Waals surface area contributed by atoms with E-state index in [2.05, 4.69) is 4.98 Å². The van der Waals surface area contributed by atoms with Crippen molar-refractivity contribution in [2.75, 3.05) is 0 Å². The van der Waals surface area contributed by atoms with Gasteiger partial charge in [0.2, 0.25) is 0 Å². The molecular weight excluding hydrogens is 248 g/mol. The summed E-state index contributed by atoms with van der Waals surface area (Å²) in [7, 11) is 0. The van der Waals surface area contributed by atoms with E-state index < -0.39 is 11.6 Å². The molecule has 1 aromatic heterocycles. The van der Waals surface area contributed by atoms with Crippen LogP contribution in [-0.2, 0) is 0 Å². The predicted molar refractivity (Wildman–Crippen MR) is 69.4 cm³/mol. The summed E-state index contributed by atoms with van der Waals surface area (Å²) in [5.74, 6) is -1.53. The zero-order chi connectivity index (χ0) is 13.4. The molecule has 1 N–H and O–H groups in total. The number of carbonyl (C=O) groups is 1. The van der Waals surface area contributed by atoms with E-state index in [0.717, 1.165) is 43.7 Å². The van der Waals surface area contributed by atoms with E-state index in [0.29, 0.717) is 10.9 Å². The lowest BCUT2D eigenvalue weighted by molar-refractivity contribution is 0.112. The zero-order valence-corrected chi connectivity index (χ0v) is 10.5. The van der Waals surface area contributed by atoms with Crippen molar-refractivity contribution in [1.82, 2.24) is 4.98 Å². The molecule has 4 heteroatoms. The van der Waals surface area contributed by atoms with Gasteiger partial charge in [-0.1, -0.05) is 19.3 Å². The van der Waals surface area contributed by atoms with Crippen LogP contribution in [0.3, 0.4) is 0 Å². The molecular formula is C15H15F2NO. The Hall–Kier alpha value is -1.71. The highest BCUT2D eigenvalue weighted by atomic mass is 19.2. The smallest absolute Gasteiger partial charge is 0.182 e. The van der Waals surface area contributed by atoms with Crippen molar-refractivity contribution in [3.8, 4) is 0 Å². The fourth-order valence-corrected chi connectivity index (χ4v) is 3.08. The Morgan fingerprint density at radius 1 is 1.16 bits per heavy atom. The summed E-state index contributed by atoms with van der Waals surface area (Å²) in [4.78, 5) is 14.3. The molecule has 0 unspecified atom stereocenters. The first-order valence-electron chi connectivity index (χ1n) is 6.67. The Kier molecular flexibility index (Phi) is 3.09. The molecule has 0 bridgehead atoms. The minimum absolute atomic E-state index is 0.114. The quantitative estimate of drug-likeness (QED) is 0.805. The summed E-state index contributed by atoms with van der Waals surface area (Å²) >= 11 is 0. The minimum atomic E-state index is -0.900. The van der Waals surface area contributed by atoms with Crippen LogP contribution in [0.1, 0.15) is 54.1 Å². The molecule has 2 nitrogen and oxygen atoms in total. The van der Waals surface area contributed by atoms with Crippen LogP contribution in [0.25, 0.3) is 10.9 Å². The van der Waals surface area contributed by atoms with Gasteiger partial charge in [0.1, 0.15) is 0 Å². The Bertz CT molecular complexity index is 627. The van der Waals surface area contributed by atoms with Crippen LogP contribution in [0.2, 0.25) is 0 Å². The summed E-state index contributed by atoms with van der Waals surface area (Å²) < 4.78 is 27.0. The molecule has 2 aromatic rings. The summed E-state index contributed by atoms with van der Waals surface area (Å²) in [6, 6.07) is 2.55. The van der Waals surface area contributed by atoms with Crippen LogP contribution in [0, 0.1) is 11.6 Å². The van der Waals surface area contributed by atoms with E-state index in [4.69, 9.17) is 0 Å². The second kappa shape index (κ2) is 4.76. The molecule has 0 atom stereocenters. The normalized spacial score (nSPS) is 16.9. The maximum absolute atomic E-state index is 13.8. The number of H-pyrrole nitrogens is 1. The average Bonchev–Trinajstić information content (AvgIpc) is 2.83. The van der Waals surface area contributed by atoms with Gasteiger partial charge in [-0.05, 0) is 30.9 Å². The number of carbonyl (C=O) groups excluding carboxylic acids is 1. The number of benzene rings is 1. The summed E-state index contributed by atoms with van der Waals surface area (Å²) in [5, 5.41) is 0.481. The largest absolute Gasteiger partial charge is 0.355 e.